The zero-order valence-corrected chi connectivity index (χ0v) is 16.2. The first kappa shape index (κ1) is 19.3. The van der Waals surface area contributed by atoms with Gasteiger partial charge in [-0.1, -0.05) is 65.3 Å². The summed E-state index contributed by atoms with van der Waals surface area (Å²) in [7, 11) is 0. The Labute approximate surface area is 162 Å². The van der Waals surface area contributed by atoms with E-state index in [9.17, 15) is 0 Å². The van der Waals surface area contributed by atoms with Crippen molar-refractivity contribution in [2.45, 2.75) is 13.3 Å². The van der Waals surface area contributed by atoms with Crippen molar-refractivity contribution in [1.29, 1.82) is 0 Å². The van der Waals surface area contributed by atoms with Crippen molar-refractivity contribution in [2.24, 2.45) is 0 Å². The molecule has 0 nitrogen and oxygen atoms in total. The molecule has 109 valence electrons. The van der Waals surface area contributed by atoms with Gasteiger partial charge in [0.1, 0.15) is 0 Å². The number of fused-ring (bicyclic) bond motifs is 3. The van der Waals surface area contributed by atoms with Crippen LogP contribution in [0.5, 0.6) is 0 Å². The summed E-state index contributed by atoms with van der Waals surface area (Å²) in [6, 6.07) is 17.7. The van der Waals surface area contributed by atoms with Crippen molar-refractivity contribution in [3.8, 4) is 0 Å². The van der Waals surface area contributed by atoms with Crippen LogP contribution < -0.4 is 24.8 Å². The molecule has 1 aliphatic rings. The smallest absolute Gasteiger partial charge is 1.00 e. The predicted octanol–water partition coefficient (Wildman–Crippen LogP) is -0.549. The van der Waals surface area contributed by atoms with Crippen LogP contribution in [-0.2, 0) is 26.2 Å². The molecule has 1 radical (unpaired) electrons. The Balaban J connectivity index is 0.000000807. The van der Waals surface area contributed by atoms with E-state index >= 15 is 0 Å². The van der Waals surface area contributed by atoms with Crippen LogP contribution in [0.3, 0.4) is 0 Å². The van der Waals surface area contributed by atoms with E-state index in [1.807, 2.05) is 0 Å². The molecule has 0 aliphatic heterocycles. The van der Waals surface area contributed by atoms with Crippen molar-refractivity contribution in [3.05, 3.63) is 71.8 Å². The zero-order valence-electron chi connectivity index (χ0n) is 12.2. The topological polar surface area (TPSA) is 0 Å². The molecule has 0 saturated heterocycles. The summed E-state index contributed by atoms with van der Waals surface area (Å²) in [6.07, 6.45) is 5.55. The first-order chi connectivity index (χ1) is 9.34. The second-order valence-electron chi connectivity index (χ2n) is 5.27. The Kier molecular flexibility index (Phi) is 6.74. The van der Waals surface area contributed by atoms with Crippen LogP contribution in [-0.4, -0.2) is 0 Å². The van der Waals surface area contributed by atoms with Crippen LogP contribution in [0.2, 0.25) is 0 Å². The Morgan fingerprint density at radius 3 is 2.36 bits per heavy atom. The molecule has 3 aromatic rings. The minimum absolute atomic E-state index is 0. The summed E-state index contributed by atoms with van der Waals surface area (Å²) in [4.78, 5) is 0. The van der Waals surface area contributed by atoms with Gasteiger partial charge in [0.25, 0.3) is 0 Å². The van der Waals surface area contributed by atoms with Crippen LogP contribution in [0.25, 0.3) is 27.1 Å². The van der Waals surface area contributed by atoms with Crippen molar-refractivity contribution in [2.75, 3.05) is 0 Å². The van der Waals surface area contributed by atoms with E-state index in [0.717, 1.165) is 6.42 Å². The normalized spacial score (nSPS) is 13.0. The van der Waals surface area contributed by atoms with Gasteiger partial charge in [-0.3, -0.25) is 0 Å². The Morgan fingerprint density at radius 2 is 1.64 bits per heavy atom. The summed E-state index contributed by atoms with van der Waals surface area (Å²) in [5.41, 5.74) is 4.27. The fourth-order valence-corrected chi connectivity index (χ4v) is 3.18. The fourth-order valence-electron chi connectivity index (χ4n) is 3.18. The molecule has 0 N–H and O–H groups in total. The van der Waals surface area contributed by atoms with Crippen LogP contribution in [0, 0.1) is 0 Å². The van der Waals surface area contributed by atoms with Crippen molar-refractivity contribution < 1.29 is 51.0 Å². The fraction of sp³-hybridized carbons (Fsp3) is 0.105. The zero-order chi connectivity index (χ0) is 12.8. The molecule has 22 heavy (non-hydrogen) atoms. The molecule has 0 unspecified atom stereocenters. The number of halogens is 2. The van der Waals surface area contributed by atoms with Gasteiger partial charge in [-0.2, -0.15) is 0 Å². The second kappa shape index (κ2) is 7.69. The minimum Gasteiger partial charge on any atom is -1.00 e. The first-order valence-corrected chi connectivity index (χ1v) is 6.78. The van der Waals surface area contributed by atoms with Crippen LogP contribution in [0.4, 0.5) is 0 Å². The van der Waals surface area contributed by atoms with Crippen molar-refractivity contribution in [3.63, 3.8) is 0 Å². The van der Waals surface area contributed by atoms with E-state index in [4.69, 9.17) is 0 Å². The average Bonchev–Trinajstić information content (AvgIpc) is 3.02. The standard InChI is InChI=1S/C19H15.2ClH.Zr/c1-13-6-4-9-15(13)17-10-5-11-18-16-8-3-2-7-14(16)12-19(17)18;;;/h2-8,10-12H,9H2,1H3;2*1H;/q-1;;;+3/p-2. The van der Waals surface area contributed by atoms with Gasteiger partial charge in [-0.25, -0.2) is 0 Å². The van der Waals surface area contributed by atoms with E-state index in [2.05, 4.69) is 67.6 Å². The third-order valence-electron chi connectivity index (χ3n) is 4.15. The van der Waals surface area contributed by atoms with E-state index in [1.54, 1.807) is 0 Å². The maximum absolute atomic E-state index is 2.33. The molecule has 0 heterocycles. The molecule has 0 fully saturated rings. The number of hydrogen-bond acceptors (Lipinski definition) is 0. The molecule has 0 saturated carbocycles. The van der Waals surface area contributed by atoms with Crippen LogP contribution in [0.15, 0.2) is 66.3 Å². The van der Waals surface area contributed by atoms with Gasteiger partial charge >= 0.3 is 26.2 Å². The molecular formula is C19H15Cl2Zr. The van der Waals surface area contributed by atoms with E-state index in [0.29, 0.717) is 0 Å². The maximum atomic E-state index is 2.33. The number of hydrogen-bond donors (Lipinski definition) is 0. The van der Waals surface area contributed by atoms with Gasteiger partial charge in [0, 0.05) is 0 Å². The minimum atomic E-state index is 0. The summed E-state index contributed by atoms with van der Waals surface area (Å²) >= 11 is 0. The largest absolute Gasteiger partial charge is 3.00 e. The van der Waals surface area contributed by atoms with E-state index < -0.39 is 0 Å². The summed E-state index contributed by atoms with van der Waals surface area (Å²) in [5, 5.41) is 5.47. The Morgan fingerprint density at radius 1 is 0.909 bits per heavy atom. The Bertz CT molecular complexity index is 856. The second-order valence-corrected chi connectivity index (χ2v) is 5.27. The number of benzene rings is 2. The average molecular weight is 405 g/mol. The summed E-state index contributed by atoms with van der Waals surface area (Å²) in [6.45, 7) is 2.21. The number of rotatable bonds is 1. The van der Waals surface area contributed by atoms with Gasteiger partial charge in [-0.15, -0.1) is 33.7 Å². The molecule has 0 atom stereocenters. The van der Waals surface area contributed by atoms with Gasteiger partial charge in [0.15, 0.2) is 0 Å². The molecule has 3 heteroatoms. The molecule has 1 aliphatic carbocycles. The molecule has 0 aromatic heterocycles. The molecule has 0 bridgehead atoms. The first-order valence-electron chi connectivity index (χ1n) is 6.78. The van der Waals surface area contributed by atoms with Crippen LogP contribution in [0.1, 0.15) is 18.9 Å². The summed E-state index contributed by atoms with van der Waals surface area (Å²) in [5.74, 6) is 0. The van der Waals surface area contributed by atoms with Gasteiger partial charge in [0.05, 0.1) is 0 Å². The predicted molar refractivity (Wildman–Crippen MR) is 83.4 cm³/mol. The van der Waals surface area contributed by atoms with E-state index in [1.165, 1.54) is 38.3 Å². The third kappa shape index (κ3) is 3.00. The molecule has 0 amide bonds. The van der Waals surface area contributed by atoms with Crippen molar-refractivity contribution in [1.82, 2.24) is 0 Å². The molecule has 4 rings (SSSR count). The quantitative estimate of drug-likeness (QED) is 0.477. The third-order valence-corrected chi connectivity index (χ3v) is 4.15. The van der Waals surface area contributed by atoms with Gasteiger partial charge in [-0.05, 0) is 13.3 Å². The molecular weight excluding hydrogens is 390 g/mol. The molecule has 0 spiro atoms. The van der Waals surface area contributed by atoms with E-state index in [-0.39, 0.29) is 51.0 Å². The maximum Gasteiger partial charge on any atom is 3.00 e. The van der Waals surface area contributed by atoms with Gasteiger partial charge in [0.2, 0.25) is 0 Å². The van der Waals surface area contributed by atoms with Crippen molar-refractivity contribution >= 4 is 27.1 Å². The monoisotopic (exact) mass is 403 g/mol. The SMILES string of the molecule is CC1=C(c2cccc3c2[cH-]c2ccccc23)CC=C1.[Cl-].[Cl-].[Zr+3]. The Hall–Kier alpha value is -0.747. The molecule has 3 aromatic carbocycles. The summed E-state index contributed by atoms with van der Waals surface area (Å²) < 4.78 is 0. The van der Waals surface area contributed by atoms with Crippen LogP contribution >= 0.6 is 0 Å². The van der Waals surface area contributed by atoms with Gasteiger partial charge < -0.3 is 24.8 Å². The number of allylic oxidation sites excluding steroid dienone is 4.